The lowest BCUT2D eigenvalue weighted by atomic mass is 9.63. The Hall–Kier alpha value is -0.460. The molecule has 0 amide bonds. The van der Waals surface area contributed by atoms with Gasteiger partial charge in [0.1, 0.15) is 5.60 Å². The van der Waals surface area contributed by atoms with Crippen LogP contribution in [0.25, 0.3) is 0 Å². The quantitative estimate of drug-likeness (QED) is 0.453. The number of rotatable bonds is 1. The Kier molecular flexibility index (Phi) is 3.64. The molecule has 0 radical (unpaired) electrons. The largest absolute Gasteiger partial charge is 0.393 e. The van der Waals surface area contributed by atoms with Gasteiger partial charge in [-0.2, -0.15) is 0 Å². The van der Waals surface area contributed by atoms with Crippen molar-refractivity contribution < 1.29 is 25.5 Å². The summed E-state index contributed by atoms with van der Waals surface area (Å²) in [7, 11) is 0. The molecule has 25 heavy (non-hydrogen) atoms. The first kappa shape index (κ1) is 17.9. The molecule has 0 saturated heterocycles. The highest BCUT2D eigenvalue weighted by Crippen LogP contribution is 2.68. The molecule has 0 aliphatic heterocycles. The maximum Gasteiger partial charge on any atom is 0.105 e. The number of hydrogen-bond donors (Lipinski definition) is 5. The van der Waals surface area contributed by atoms with Crippen LogP contribution in [-0.4, -0.2) is 55.5 Å². The molecule has 4 aliphatic rings. The van der Waals surface area contributed by atoms with Crippen molar-refractivity contribution in [3.8, 4) is 0 Å². The lowest BCUT2D eigenvalue weighted by Crippen LogP contribution is -2.56. The second kappa shape index (κ2) is 5.08. The zero-order valence-corrected chi connectivity index (χ0v) is 15.3. The van der Waals surface area contributed by atoms with E-state index in [0.29, 0.717) is 19.3 Å². The Morgan fingerprint density at radius 2 is 1.72 bits per heavy atom. The summed E-state index contributed by atoms with van der Waals surface area (Å²) in [5.41, 5.74) is -2.73. The second-order valence-electron chi connectivity index (χ2n) is 9.98. The Morgan fingerprint density at radius 1 is 1.04 bits per heavy atom. The first-order chi connectivity index (χ1) is 11.5. The fourth-order valence-corrected chi connectivity index (χ4v) is 7.17. The molecule has 5 N–H and O–H groups in total. The molecule has 0 heterocycles. The van der Waals surface area contributed by atoms with Crippen LogP contribution in [0.3, 0.4) is 0 Å². The molecule has 0 aromatic rings. The number of hydrogen-bond acceptors (Lipinski definition) is 5. The molecule has 0 aromatic heterocycles. The Labute approximate surface area is 149 Å². The van der Waals surface area contributed by atoms with Gasteiger partial charge in [-0.25, -0.2) is 0 Å². The highest BCUT2D eigenvalue weighted by Gasteiger charge is 2.70. The summed E-state index contributed by atoms with van der Waals surface area (Å²) in [5.74, 6) is -0.185. The van der Waals surface area contributed by atoms with Crippen LogP contribution in [0.2, 0.25) is 0 Å². The van der Waals surface area contributed by atoms with Gasteiger partial charge in [0.2, 0.25) is 0 Å². The molecule has 2 bridgehead atoms. The van der Waals surface area contributed by atoms with Crippen molar-refractivity contribution in [2.75, 3.05) is 6.61 Å². The molecule has 1 spiro atoms. The fraction of sp³-hybridized carbons (Fsp3) is 0.900. The van der Waals surface area contributed by atoms with E-state index >= 15 is 0 Å². The Morgan fingerprint density at radius 3 is 2.36 bits per heavy atom. The van der Waals surface area contributed by atoms with Gasteiger partial charge in [0.15, 0.2) is 0 Å². The zero-order valence-electron chi connectivity index (χ0n) is 15.3. The standard InChI is InChI=1S/C20H32O5/c1-11-13-5-4-12-7-18(13,9-19(12,24)10-21)8-16(23)20(25)14(11)6-15(22)17(20,2)3/h12-16,21-25H,1,4-10H2,2-3H3. The summed E-state index contributed by atoms with van der Waals surface area (Å²) in [5, 5.41) is 54.0. The van der Waals surface area contributed by atoms with Gasteiger partial charge < -0.3 is 25.5 Å². The topological polar surface area (TPSA) is 101 Å². The van der Waals surface area contributed by atoms with Gasteiger partial charge in [-0.15, -0.1) is 0 Å². The number of aliphatic hydroxyl groups excluding tert-OH is 3. The fourth-order valence-electron chi connectivity index (χ4n) is 7.17. The van der Waals surface area contributed by atoms with Crippen molar-refractivity contribution in [3.05, 3.63) is 12.2 Å². The minimum absolute atomic E-state index is 0.0416. The van der Waals surface area contributed by atoms with Crippen LogP contribution in [0.15, 0.2) is 12.2 Å². The molecule has 4 rings (SSSR count). The van der Waals surface area contributed by atoms with Crippen LogP contribution in [-0.2, 0) is 0 Å². The van der Waals surface area contributed by atoms with Crippen LogP contribution < -0.4 is 0 Å². The van der Waals surface area contributed by atoms with Gasteiger partial charge in [0.25, 0.3) is 0 Å². The van der Waals surface area contributed by atoms with Crippen LogP contribution in [0, 0.1) is 28.6 Å². The monoisotopic (exact) mass is 352 g/mol. The molecular weight excluding hydrogens is 320 g/mol. The van der Waals surface area contributed by atoms with Crippen molar-refractivity contribution in [2.24, 2.45) is 28.6 Å². The van der Waals surface area contributed by atoms with Gasteiger partial charge in [0.05, 0.1) is 24.4 Å². The minimum atomic E-state index is -1.41. The zero-order chi connectivity index (χ0) is 18.4. The van der Waals surface area contributed by atoms with Crippen molar-refractivity contribution >= 4 is 0 Å². The predicted octanol–water partition coefficient (Wildman–Crippen LogP) is 0.975. The maximum absolute atomic E-state index is 11.6. The third-order valence-electron chi connectivity index (χ3n) is 8.75. The molecule has 8 unspecified atom stereocenters. The maximum atomic E-state index is 11.6. The molecule has 4 fully saturated rings. The highest BCUT2D eigenvalue weighted by atomic mass is 16.4. The van der Waals surface area contributed by atoms with Gasteiger partial charge in [-0.1, -0.05) is 26.0 Å². The average Bonchev–Trinajstić information content (AvgIpc) is 2.85. The van der Waals surface area contributed by atoms with Gasteiger partial charge >= 0.3 is 0 Å². The predicted molar refractivity (Wildman–Crippen MR) is 92.5 cm³/mol. The van der Waals surface area contributed by atoms with E-state index in [-0.39, 0.29) is 29.8 Å². The van der Waals surface area contributed by atoms with Gasteiger partial charge in [-0.05, 0) is 55.8 Å². The van der Waals surface area contributed by atoms with E-state index < -0.39 is 28.8 Å². The first-order valence-electron chi connectivity index (χ1n) is 9.62. The van der Waals surface area contributed by atoms with Crippen molar-refractivity contribution in [1.29, 1.82) is 0 Å². The molecule has 4 saturated carbocycles. The van der Waals surface area contributed by atoms with Crippen LogP contribution in [0.4, 0.5) is 0 Å². The van der Waals surface area contributed by atoms with Gasteiger partial charge in [0, 0.05) is 11.3 Å². The normalized spacial score (nSPS) is 57.1. The van der Waals surface area contributed by atoms with Gasteiger partial charge in [-0.3, -0.25) is 0 Å². The number of fused-ring (bicyclic) bond motifs is 2. The summed E-state index contributed by atoms with van der Waals surface area (Å²) < 4.78 is 0. The molecule has 8 atom stereocenters. The summed E-state index contributed by atoms with van der Waals surface area (Å²) in [6.45, 7) is 7.73. The summed E-state index contributed by atoms with van der Waals surface area (Å²) >= 11 is 0. The molecule has 4 aliphatic carbocycles. The second-order valence-corrected chi connectivity index (χ2v) is 9.98. The lowest BCUT2D eigenvalue weighted by molar-refractivity contribution is -0.169. The van der Waals surface area contributed by atoms with Crippen molar-refractivity contribution in [3.63, 3.8) is 0 Å². The molecular formula is C20H32O5. The lowest BCUT2D eigenvalue weighted by Gasteiger charge is -2.45. The Bertz CT molecular complexity index is 603. The van der Waals surface area contributed by atoms with E-state index in [1.54, 1.807) is 0 Å². The van der Waals surface area contributed by atoms with Crippen molar-refractivity contribution in [1.82, 2.24) is 0 Å². The average molecular weight is 352 g/mol. The molecule has 142 valence electrons. The molecule has 5 heteroatoms. The summed E-state index contributed by atoms with van der Waals surface area (Å²) in [6.07, 6.45) is 2.04. The number of aliphatic hydroxyl groups is 5. The first-order valence-corrected chi connectivity index (χ1v) is 9.62. The van der Waals surface area contributed by atoms with E-state index in [1.165, 1.54) is 0 Å². The smallest absolute Gasteiger partial charge is 0.105 e. The van der Waals surface area contributed by atoms with E-state index in [9.17, 15) is 25.5 Å². The Balaban J connectivity index is 1.80. The molecule has 5 nitrogen and oxygen atoms in total. The summed E-state index contributed by atoms with van der Waals surface area (Å²) in [6, 6.07) is 0. The van der Waals surface area contributed by atoms with Crippen molar-refractivity contribution in [2.45, 2.75) is 75.8 Å². The molecule has 0 aromatic carbocycles. The minimum Gasteiger partial charge on any atom is -0.393 e. The summed E-state index contributed by atoms with van der Waals surface area (Å²) in [4.78, 5) is 0. The van der Waals surface area contributed by atoms with Crippen LogP contribution >= 0.6 is 0 Å². The van der Waals surface area contributed by atoms with Crippen LogP contribution in [0.5, 0.6) is 0 Å². The van der Waals surface area contributed by atoms with E-state index in [4.69, 9.17) is 0 Å². The van der Waals surface area contributed by atoms with E-state index in [0.717, 1.165) is 24.8 Å². The third-order valence-corrected chi connectivity index (χ3v) is 8.75. The third kappa shape index (κ3) is 1.97. The SMILES string of the molecule is C=C1C2CCC3CC2(CC(O)C2(O)C1CC(O)C2(C)C)CC3(O)CO. The van der Waals surface area contributed by atoms with E-state index in [1.807, 2.05) is 13.8 Å². The van der Waals surface area contributed by atoms with Crippen LogP contribution in [0.1, 0.15) is 52.4 Å². The van der Waals surface area contributed by atoms with E-state index in [2.05, 4.69) is 6.58 Å². The highest BCUT2D eigenvalue weighted by molar-refractivity contribution is 5.30.